The Morgan fingerprint density at radius 1 is 1.05 bits per heavy atom. The van der Waals surface area contributed by atoms with Crippen LogP contribution < -0.4 is 0 Å². The van der Waals surface area contributed by atoms with Crippen LogP contribution in [0.1, 0.15) is 17.0 Å². The zero-order valence-corrected chi connectivity index (χ0v) is 11.2. The van der Waals surface area contributed by atoms with Crippen molar-refractivity contribution < 1.29 is 14.3 Å². The summed E-state index contributed by atoms with van der Waals surface area (Å²) in [6, 6.07) is 11.7. The predicted octanol–water partition coefficient (Wildman–Crippen LogP) is 2.56. The Morgan fingerprint density at radius 3 is 2.35 bits per heavy atom. The van der Waals surface area contributed by atoms with Gasteiger partial charge in [-0.3, -0.25) is 4.79 Å². The molecule has 0 spiro atoms. The highest BCUT2D eigenvalue weighted by molar-refractivity contribution is 6.43. The molecule has 1 aromatic heterocycles. The highest BCUT2D eigenvalue weighted by Crippen LogP contribution is 2.30. The molecule has 1 aromatic carbocycles. The summed E-state index contributed by atoms with van der Waals surface area (Å²) >= 11 is 0. The number of esters is 1. The Balaban J connectivity index is 2.20. The molecule has 20 heavy (non-hydrogen) atoms. The Hall–Kier alpha value is -2.62. The summed E-state index contributed by atoms with van der Waals surface area (Å²) in [4.78, 5) is 22.7. The van der Waals surface area contributed by atoms with Gasteiger partial charge < -0.3 is 9.30 Å². The van der Waals surface area contributed by atoms with E-state index < -0.39 is 11.8 Å². The van der Waals surface area contributed by atoms with Gasteiger partial charge in [0.15, 0.2) is 5.76 Å². The first-order valence-electron chi connectivity index (χ1n) is 6.30. The molecule has 0 atom stereocenters. The van der Waals surface area contributed by atoms with Crippen LogP contribution in [0.4, 0.5) is 0 Å². The van der Waals surface area contributed by atoms with Crippen molar-refractivity contribution in [3.63, 3.8) is 0 Å². The van der Waals surface area contributed by atoms with Gasteiger partial charge in [-0.15, -0.1) is 0 Å². The van der Waals surface area contributed by atoms with Crippen LogP contribution in [0.5, 0.6) is 0 Å². The quantitative estimate of drug-likeness (QED) is 0.620. The maximum Gasteiger partial charge on any atom is 0.384 e. The standard InChI is InChI=1S/C16H13NO3/c1-10-8-11(2)17(12-6-4-3-5-7-12)15(10)14-9-13(18)16(19)20-14/h3-9H,1-2H3. The number of carbonyl (C=O) groups is 2. The van der Waals surface area contributed by atoms with Crippen LogP contribution in [0.15, 0.2) is 42.5 Å². The molecule has 3 rings (SSSR count). The molecule has 0 aliphatic carbocycles. The molecule has 4 nitrogen and oxygen atoms in total. The molecule has 1 aliphatic heterocycles. The predicted molar refractivity (Wildman–Crippen MR) is 74.3 cm³/mol. The molecule has 0 amide bonds. The SMILES string of the molecule is Cc1cc(C)n(-c2ccccc2)c1C1=CC(=O)C(=O)O1. The van der Waals surface area contributed by atoms with Crippen molar-refractivity contribution in [2.45, 2.75) is 13.8 Å². The number of para-hydroxylation sites is 1. The summed E-state index contributed by atoms with van der Waals surface area (Å²) in [5, 5.41) is 0. The Kier molecular flexibility index (Phi) is 2.79. The van der Waals surface area contributed by atoms with Gasteiger partial charge in [-0.25, -0.2) is 4.79 Å². The van der Waals surface area contributed by atoms with Gasteiger partial charge in [-0.2, -0.15) is 0 Å². The van der Waals surface area contributed by atoms with E-state index in [1.807, 2.05) is 54.8 Å². The number of hydrogen-bond donors (Lipinski definition) is 0. The Morgan fingerprint density at radius 2 is 1.75 bits per heavy atom. The number of aromatic nitrogens is 1. The van der Waals surface area contributed by atoms with E-state index >= 15 is 0 Å². The zero-order valence-electron chi connectivity index (χ0n) is 11.2. The molecule has 1 aliphatic rings. The largest absolute Gasteiger partial charge is 0.418 e. The van der Waals surface area contributed by atoms with Crippen molar-refractivity contribution in [1.29, 1.82) is 0 Å². The first-order chi connectivity index (χ1) is 9.58. The number of carbonyl (C=O) groups excluding carboxylic acids is 2. The lowest BCUT2D eigenvalue weighted by Crippen LogP contribution is -2.07. The van der Waals surface area contributed by atoms with E-state index in [1.165, 1.54) is 6.08 Å². The fraction of sp³-hybridized carbons (Fsp3) is 0.125. The van der Waals surface area contributed by atoms with Crippen LogP contribution in [0, 0.1) is 13.8 Å². The van der Waals surface area contributed by atoms with Crippen molar-refractivity contribution in [2.75, 3.05) is 0 Å². The molecule has 0 unspecified atom stereocenters. The van der Waals surface area contributed by atoms with Crippen LogP contribution in [0.2, 0.25) is 0 Å². The normalized spacial score (nSPS) is 14.4. The molecular weight excluding hydrogens is 254 g/mol. The van der Waals surface area contributed by atoms with Gasteiger partial charge in [0.1, 0.15) is 0 Å². The summed E-state index contributed by atoms with van der Waals surface area (Å²) in [5.41, 5.74) is 3.68. The highest BCUT2D eigenvalue weighted by atomic mass is 16.5. The second kappa shape index (κ2) is 4.49. The van der Waals surface area contributed by atoms with E-state index in [9.17, 15) is 9.59 Å². The van der Waals surface area contributed by atoms with Crippen molar-refractivity contribution in [3.05, 3.63) is 59.4 Å². The molecule has 0 fully saturated rings. The number of benzene rings is 1. The average Bonchev–Trinajstić information content (AvgIpc) is 2.90. The van der Waals surface area contributed by atoms with Crippen molar-refractivity contribution in [1.82, 2.24) is 4.57 Å². The first-order valence-corrected chi connectivity index (χ1v) is 6.30. The van der Waals surface area contributed by atoms with Gasteiger partial charge in [0.2, 0.25) is 0 Å². The van der Waals surface area contributed by atoms with Gasteiger partial charge in [0, 0.05) is 17.5 Å². The van der Waals surface area contributed by atoms with Crippen LogP contribution in [0.25, 0.3) is 11.4 Å². The molecule has 0 radical (unpaired) electrons. The molecule has 0 N–H and O–H groups in total. The first kappa shape index (κ1) is 12.4. The lowest BCUT2D eigenvalue weighted by Gasteiger charge is -2.12. The molecule has 0 saturated heterocycles. The van der Waals surface area contributed by atoms with E-state index in [2.05, 4.69) is 0 Å². The molecular formula is C16H13NO3. The van der Waals surface area contributed by atoms with Crippen molar-refractivity contribution >= 4 is 17.5 Å². The Bertz CT molecular complexity index is 739. The van der Waals surface area contributed by atoms with E-state index in [0.29, 0.717) is 5.76 Å². The molecule has 100 valence electrons. The summed E-state index contributed by atoms with van der Waals surface area (Å²) in [6.07, 6.45) is 1.25. The monoisotopic (exact) mass is 267 g/mol. The van der Waals surface area contributed by atoms with E-state index in [1.54, 1.807) is 0 Å². The van der Waals surface area contributed by atoms with Crippen LogP contribution in [0.3, 0.4) is 0 Å². The fourth-order valence-electron chi connectivity index (χ4n) is 2.49. The van der Waals surface area contributed by atoms with Gasteiger partial charge >= 0.3 is 5.97 Å². The van der Waals surface area contributed by atoms with Crippen molar-refractivity contribution in [3.8, 4) is 5.69 Å². The molecule has 2 heterocycles. The van der Waals surface area contributed by atoms with Crippen LogP contribution >= 0.6 is 0 Å². The van der Waals surface area contributed by atoms with Crippen LogP contribution in [-0.4, -0.2) is 16.3 Å². The number of hydrogen-bond acceptors (Lipinski definition) is 3. The zero-order chi connectivity index (χ0) is 14.3. The number of nitrogens with zero attached hydrogens (tertiary/aromatic N) is 1. The summed E-state index contributed by atoms with van der Waals surface area (Å²) in [7, 11) is 0. The lowest BCUT2D eigenvalue weighted by atomic mass is 10.2. The smallest absolute Gasteiger partial charge is 0.384 e. The Labute approximate surface area is 116 Å². The lowest BCUT2D eigenvalue weighted by molar-refractivity contribution is -0.144. The number of ether oxygens (including phenoxy) is 1. The maximum absolute atomic E-state index is 11.4. The molecule has 0 saturated carbocycles. The summed E-state index contributed by atoms with van der Waals surface area (Å²) in [6.45, 7) is 3.90. The molecule has 2 aromatic rings. The summed E-state index contributed by atoms with van der Waals surface area (Å²) in [5.74, 6) is -1.12. The van der Waals surface area contributed by atoms with E-state index in [0.717, 1.165) is 22.6 Å². The van der Waals surface area contributed by atoms with E-state index in [-0.39, 0.29) is 0 Å². The van der Waals surface area contributed by atoms with Crippen LogP contribution in [-0.2, 0) is 14.3 Å². The molecule has 0 bridgehead atoms. The molecule has 4 heteroatoms. The van der Waals surface area contributed by atoms with Gasteiger partial charge in [-0.05, 0) is 37.6 Å². The third-order valence-corrected chi connectivity index (χ3v) is 3.29. The fourth-order valence-corrected chi connectivity index (χ4v) is 2.49. The number of cyclic esters (lactones) is 1. The third kappa shape index (κ3) is 1.86. The minimum atomic E-state index is -0.821. The highest BCUT2D eigenvalue weighted by Gasteiger charge is 2.28. The second-order valence-electron chi connectivity index (χ2n) is 4.75. The average molecular weight is 267 g/mol. The minimum Gasteiger partial charge on any atom is -0.418 e. The minimum absolute atomic E-state index is 0.314. The van der Waals surface area contributed by atoms with Gasteiger partial charge in [-0.1, -0.05) is 18.2 Å². The van der Waals surface area contributed by atoms with Gasteiger partial charge in [0.05, 0.1) is 5.69 Å². The number of aryl methyl sites for hydroxylation is 2. The third-order valence-electron chi connectivity index (χ3n) is 3.29. The van der Waals surface area contributed by atoms with E-state index in [4.69, 9.17) is 4.74 Å². The maximum atomic E-state index is 11.4. The number of rotatable bonds is 2. The topological polar surface area (TPSA) is 48.3 Å². The van der Waals surface area contributed by atoms with Crippen molar-refractivity contribution in [2.24, 2.45) is 0 Å². The summed E-state index contributed by atoms with van der Waals surface area (Å²) < 4.78 is 7.05. The van der Waals surface area contributed by atoms with Gasteiger partial charge in [0.25, 0.3) is 5.78 Å². The second-order valence-corrected chi connectivity index (χ2v) is 4.75. The number of ketones is 1.